The van der Waals surface area contributed by atoms with Crippen LogP contribution in [-0.4, -0.2) is 43.8 Å². The lowest BCUT2D eigenvalue weighted by Gasteiger charge is -2.12. The van der Waals surface area contributed by atoms with Crippen LogP contribution in [-0.2, 0) is 22.6 Å². The summed E-state index contributed by atoms with van der Waals surface area (Å²) in [6.45, 7) is 5.03. The van der Waals surface area contributed by atoms with Gasteiger partial charge in [-0.25, -0.2) is 4.79 Å². The first-order valence-corrected chi connectivity index (χ1v) is 10.6. The third-order valence-corrected chi connectivity index (χ3v) is 5.36. The molecule has 174 valence electrons. The molecular formula is C26H29NO6. The Morgan fingerprint density at radius 3 is 2.39 bits per heavy atom. The lowest BCUT2D eigenvalue weighted by atomic mass is 10.1. The third-order valence-electron chi connectivity index (χ3n) is 5.36. The van der Waals surface area contributed by atoms with Crippen molar-refractivity contribution in [3.05, 3.63) is 82.7 Å². The van der Waals surface area contributed by atoms with Crippen LogP contribution in [0.2, 0.25) is 0 Å². The number of carbonyl (C=O) groups is 2. The fourth-order valence-electron chi connectivity index (χ4n) is 3.55. The van der Waals surface area contributed by atoms with E-state index in [4.69, 9.17) is 18.9 Å². The first-order valence-electron chi connectivity index (χ1n) is 10.6. The summed E-state index contributed by atoms with van der Waals surface area (Å²) in [7, 11) is 3.14. The summed E-state index contributed by atoms with van der Waals surface area (Å²) in [5, 5.41) is 0. The minimum absolute atomic E-state index is 0.255. The summed E-state index contributed by atoms with van der Waals surface area (Å²) in [5.41, 5.74) is 3.61. The average molecular weight is 452 g/mol. The molecule has 3 rings (SSSR count). The molecule has 0 radical (unpaired) electrons. The molecule has 0 saturated heterocycles. The maximum Gasteiger partial charge on any atom is 0.338 e. The zero-order valence-electron chi connectivity index (χ0n) is 19.4. The van der Waals surface area contributed by atoms with Crippen LogP contribution >= 0.6 is 0 Å². The van der Waals surface area contributed by atoms with Crippen LogP contribution in [0.5, 0.6) is 11.5 Å². The number of esters is 1. The molecule has 3 aromatic rings. The van der Waals surface area contributed by atoms with E-state index in [1.807, 2.05) is 54.8 Å². The second-order valence-corrected chi connectivity index (χ2v) is 7.57. The molecule has 33 heavy (non-hydrogen) atoms. The number of benzene rings is 2. The molecule has 0 spiro atoms. The van der Waals surface area contributed by atoms with E-state index >= 15 is 0 Å². The van der Waals surface area contributed by atoms with E-state index in [1.165, 1.54) is 7.11 Å². The normalized spacial score (nSPS) is 10.7. The molecule has 0 saturated carbocycles. The quantitative estimate of drug-likeness (QED) is 0.318. The van der Waals surface area contributed by atoms with Crippen molar-refractivity contribution < 1.29 is 28.5 Å². The Bertz CT molecular complexity index is 1100. The fraction of sp³-hybridized carbons (Fsp3) is 0.308. The SMILES string of the molecule is COCCn1c(C)cc(C(=O)COC(=O)c2ccc(OCc3ccccc3)c(OC)c2)c1C. The average Bonchev–Trinajstić information content (AvgIpc) is 3.13. The number of Topliss-reactive ketones (excluding diaryl/α,β-unsaturated/α-hetero) is 1. The van der Waals surface area contributed by atoms with Crippen LogP contribution in [0.3, 0.4) is 0 Å². The lowest BCUT2D eigenvalue weighted by Crippen LogP contribution is -2.15. The van der Waals surface area contributed by atoms with Crippen molar-refractivity contribution in [2.24, 2.45) is 0 Å². The van der Waals surface area contributed by atoms with Crippen molar-refractivity contribution in [1.29, 1.82) is 0 Å². The van der Waals surface area contributed by atoms with Crippen molar-refractivity contribution in [2.75, 3.05) is 27.4 Å². The summed E-state index contributed by atoms with van der Waals surface area (Å²) in [6.07, 6.45) is 0. The van der Waals surface area contributed by atoms with Gasteiger partial charge in [0.1, 0.15) is 6.61 Å². The van der Waals surface area contributed by atoms with Gasteiger partial charge in [-0.2, -0.15) is 0 Å². The zero-order chi connectivity index (χ0) is 23.8. The number of hydrogen-bond acceptors (Lipinski definition) is 6. The Kier molecular flexibility index (Phi) is 8.27. The molecule has 2 aromatic carbocycles. The standard InChI is InChI=1S/C26H29NO6/c1-18-14-22(19(2)27(18)12-13-30-3)23(28)17-33-26(29)21-10-11-24(25(15-21)31-4)32-16-20-8-6-5-7-9-20/h5-11,14-15H,12-13,16-17H2,1-4H3. The van der Waals surface area contributed by atoms with Gasteiger partial charge in [0.25, 0.3) is 0 Å². The van der Waals surface area contributed by atoms with Crippen molar-refractivity contribution in [2.45, 2.75) is 27.0 Å². The van der Waals surface area contributed by atoms with Crippen molar-refractivity contribution in [3.8, 4) is 11.5 Å². The number of aryl methyl sites for hydroxylation is 1. The summed E-state index contributed by atoms with van der Waals surface area (Å²) in [5.74, 6) is 0.0604. The van der Waals surface area contributed by atoms with E-state index in [1.54, 1.807) is 25.3 Å². The number of nitrogens with zero attached hydrogens (tertiary/aromatic N) is 1. The lowest BCUT2D eigenvalue weighted by molar-refractivity contribution is 0.0474. The molecule has 7 heteroatoms. The second kappa shape index (κ2) is 11.3. The van der Waals surface area contributed by atoms with Gasteiger partial charge in [-0.1, -0.05) is 30.3 Å². The van der Waals surface area contributed by atoms with Crippen LogP contribution in [0, 0.1) is 13.8 Å². The van der Waals surface area contributed by atoms with Crippen molar-refractivity contribution in [3.63, 3.8) is 0 Å². The largest absolute Gasteiger partial charge is 0.493 e. The van der Waals surface area contributed by atoms with Gasteiger partial charge in [0, 0.05) is 30.6 Å². The minimum Gasteiger partial charge on any atom is -0.493 e. The number of carbonyl (C=O) groups excluding carboxylic acids is 2. The third kappa shape index (κ3) is 6.02. The van der Waals surface area contributed by atoms with Gasteiger partial charge in [-0.3, -0.25) is 4.79 Å². The molecule has 0 aliphatic rings. The van der Waals surface area contributed by atoms with E-state index in [-0.39, 0.29) is 18.0 Å². The van der Waals surface area contributed by atoms with Crippen LogP contribution in [0.1, 0.15) is 37.7 Å². The first kappa shape index (κ1) is 24.1. The second-order valence-electron chi connectivity index (χ2n) is 7.57. The number of aromatic nitrogens is 1. The zero-order valence-corrected chi connectivity index (χ0v) is 19.4. The molecule has 0 bridgehead atoms. The minimum atomic E-state index is -0.607. The molecule has 0 atom stereocenters. The van der Waals surface area contributed by atoms with Gasteiger partial charge in [0.05, 0.1) is 19.3 Å². The van der Waals surface area contributed by atoms with Crippen LogP contribution in [0.25, 0.3) is 0 Å². The Morgan fingerprint density at radius 1 is 0.939 bits per heavy atom. The number of hydrogen-bond donors (Lipinski definition) is 0. The molecule has 1 heterocycles. The monoisotopic (exact) mass is 451 g/mol. The van der Waals surface area contributed by atoms with Crippen LogP contribution in [0.4, 0.5) is 0 Å². The van der Waals surface area contributed by atoms with E-state index in [0.717, 1.165) is 17.0 Å². The smallest absolute Gasteiger partial charge is 0.338 e. The summed E-state index contributed by atoms with van der Waals surface area (Å²) in [6, 6.07) is 16.3. The number of ketones is 1. The van der Waals surface area contributed by atoms with Gasteiger partial charge in [0.2, 0.25) is 5.78 Å². The van der Waals surface area contributed by atoms with Crippen LogP contribution < -0.4 is 9.47 Å². The predicted molar refractivity (Wildman–Crippen MR) is 124 cm³/mol. The van der Waals surface area contributed by atoms with Gasteiger partial charge >= 0.3 is 5.97 Å². The molecule has 0 aliphatic carbocycles. The molecule has 1 aromatic heterocycles. The summed E-state index contributed by atoms with van der Waals surface area (Å²) >= 11 is 0. The van der Waals surface area contributed by atoms with Crippen molar-refractivity contribution in [1.82, 2.24) is 4.57 Å². The molecule has 0 unspecified atom stereocenters. The van der Waals surface area contributed by atoms with Gasteiger partial charge in [0.15, 0.2) is 18.1 Å². The molecule has 0 amide bonds. The maximum atomic E-state index is 12.7. The van der Waals surface area contributed by atoms with Crippen molar-refractivity contribution >= 4 is 11.8 Å². The van der Waals surface area contributed by atoms with E-state index < -0.39 is 5.97 Å². The molecule has 0 fully saturated rings. The molecule has 0 aliphatic heterocycles. The van der Waals surface area contributed by atoms with Gasteiger partial charge < -0.3 is 23.5 Å². The highest BCUT2D eigenvalue weighted by molar-refractivity contribution is 6.00. The summed E-state index contributed by atoms with van der Waals surface area (Å²) < 4.78 is 23.6. The Hall–Kier alpha value is -3.58. The number of rotatable bonds is 11. The summed E-state index contributed by atoms with van der Waals surface area (Å²) in [4.78, 5) is 25.2. The van der Waals surface area contributed by atoms with Gasteiger partial charge in [-0.05, 0) is 43.7 Å². The molecule has 0 N–H and O–H groups in total. The fourth-order valence-corrected chi connectivity index (χ4v) is 3.55. The first-order chi connectivity index (χ1) is 15.9. The van der Waals surface area contributed by atoms with E-state index in [2.05, 4.69) is 0 Å². The highest BCUT2D eigenvalue weighted by Crippen LogP contribution is 2.29. The topological polar surface area (TPSA) is 76.0 Å². The maximum absolute atomic E-state index is 12.7. The molecular weight excluding hydrogens is 422 g/mol. The van der Waals surface area contributed by atoms with E-state index in [0.29, 0.717) is 36.8 Å². The van der Waals surface area contributed by atoms with E-state index in [9.17, 15) is 9.59 Å². The van der Waals surface area contributed by atoms with Crippen LogP contribution in [0.15, 0.2) is 54.6 Å². The molecule has 7 nitrogen and oxygen atoms in total. The highest BCUT2D eigenvalue weighted by atomic mass is 16.5. The highest BCUT2D eigenvalue weighted by Gasteiger charge is 2.19. The Morgan fingerprint density at radius 2 is 1.70 bits per heavy atom. The number of ether oxygens (including phenoxy) is 4. The predicted octanol–water partition coefficient (Wildman–Crippen LogP) is 4.38. The Labute approximate surface area is 193 Å². The Balaban J connectivity index is 1.62. The van der Waals surface area contributed by atoms with Gasteiger partial charge in [-0.15, -0.1) is 0 Å². The number of methoxy groups -OCH3 is 2.